The molecule has 0 spiro atoms. The molecule has 0 aromatic heterocycles. The van der Waals surface area contributed by atoms with Crippen LogP contribution < -0.4 is 5.14 Å². The molecule has 2 N–H and O–H groups in total. The average molecular weight is 249 g/mol. The number of nitrogens with two attached hydrogens (primary N) is 1. The summed E-state index contributed by atoms with van der Waals surface area (Å²) in [6.07, 6.45) is 0. The van der Waals surface area contributed by atoms with Gasteiger partial charge in [-0.15, -0.1) is 0 Å². The number of benzene rings is 1. The molecule has 0 aliphatic carbocycles. The smallest absolute Gasteiger partial charge is 0.200 e. The maximum atomic E-state index is 12.0. The van der Waals surface area contributed by atoms with Gasteiger partial charge in [0.15, 0.2) is 34.2 Å². The van der Waals surface area contributed by atoms with Crippen LogP contribution in [0, 0.1) is 29.1 Å². The molecule has 0 saturated heterocycles. The Morgan fingerprint density at radius 1 is 0.867 bits per heavy atom. The van der Waals surface area contributed by atoms with Gasteiger partial charge < -0.3 is 0 Å². The molecule has 0 heterocycles. The van der Waals surface area contributed by atoms with Gasteiger partial charge in [0.25, 0.3) is 0 Å². The molecule has 1 rings (SSSR count). The third kappa shape index (κ3) is 4.21. The lowest BCUT2D eigenvalue weighted by molar-refractivity contribution is 0.378. The normalized spacial score (nSPS) is 9.80. The molecule has 0 unspecified atom stereocenters. The second kappa shape index (κ2) is 5.61. The fourth-order valence-corrected chi connectivity index (χ4v) is 0.544. The van der Waals surface area contributed by atoms with E-state index in [0.29, 0.717) is 0 Å². The monoisotopic (exact) mass is 249 g/mol. The van der Waals surface area contributed by atoms with Crippen molar-refractivity contribution >= 4 is 10.9 Å². The minimum absolute atomic E-state index is 0.0618. The van der Waals surface area contributed by atoms with Crippen molar-refractivity contribution < 1.29 is 30.4 Å². The lowest BCUT2D eigenvalue weighted by Crippen LogP contribution is -1.98. The van der Waals surface area contributed by atoms with Crippen LogP contribution in [0.1, 0.15) is 0 Å². The SMILES string of the molecule is Fc1cc(F)c(F)c(F)c1F.N[SH](=O)=O. The Kier molecular flexibility index (Phi) is 5.15. The molecule has 9 heteroatoms. The third-order valence-electron chi connectivity index (χ3n) is 1.06. The summed E-state index contributed by atoms with van der Waals surface area (Å²) in [7, 11) is -2.62. The van der Waals surface area contributed by atoms with Crippen molar-refractivity contribution in [2.75, 3.05) is 0 Å². The summed E-state index contributed by atoms with van der Waals surface area (Å²) < 4.78 is 77.7. The second-order valence-corrected chi connectivity index (χ2v) is 2.64. The van der Waals surface area contributed by atoms with Crippen LogP contribution in [0.5, 0.6) is 0 Å². The summed E-state index contributed by atoms with van der Waals surface area (Å²) >= 11 is 0. The highest BCUT2D eigenvalue weighted by molar-refractivity contribution is 7.69. The Morgan fingerprint density at radius 3 is 1.40 bits per heavy atom. The van der Waals surface area contributed by atoms with E-state index < -0.39 is 40.0 Å². The van der Waals surface area contributed by atoms with E-state index in [-0.39, 0.29) is 6.07 Å². The molecule has 1 aromatic carbocycles. The van der Waals surface area contributed by atoms with Crippen LogP contribution in [-0.2, 0) is 10.9 Å². The Hall–Kier alpha value is -1.22. The summed E-state index contributed by atoms with van der Waals surface area (Å²) in [5.41, 5.74) is 0. The van der Waals surface area contributed by atoms with Gasteiger partial charge in [-0.05, 0) is 0 Å². The van der Waals surface area contributed by atoms with Gasteiger partial charge in [-0.25, -0.2) is 35.5 Å². The molecule has 15 heavy (non-hydrogen) atoms. The van der Waals surface area contributed by atoms with Crippen molar-refractivity contribution in [1.29, 1.82) is 0 Å². The first kappa shape index (κ1) is 13.8. The van der Waals surface area contributed by atoms with Crippen molar-refractivity contribution in [3.05, 3.63) is 35.2 Å². The van der Waals surface area contributed by atoms with Gasteiger partial charge in [-0.2, -0.15) is 0 Å². The molecule has 0 atom stereocenters. The zero-order valence-corrected chi connectivity index (χ0v) is 7.70. The number of thiol groups is 1. The van der Waals surface area contributed by atoms with E-state index in [1.54, 1.807) is 0 Å². The third-order valence-corrected chi connectivity index (χ3v) is 1.06. The molecule has 3 nitrogen and oxygen atoms in total. The number of halogens is 5. The van der Waals surface area contributed by atoms with Gasteiger partial charge in [0.05, 0.1) is 0 Å². The van der Waals surface area contributed by atoms with Crippen molar-refractivity contribution in [1.82, 2.24) is 0 Å². The molecular weight excluding hydrogens is 245 g/mol. The minimum Gasteiger partial charge on any atom is -0.231 e. The van der Waals surface area contributed by atoms with Crippen molar-refractivity contribution in [2.24, 2.45) is 5.14 Å². The van der Waals surface area contributed by atoms with Crippen LogP contribution in [0.25, 0.3) is 0 Å². The predicted molar refractivity (Wildman–Crippen MR) is 40.7 cm³/mol. The molecule has 86 valence electrons. The summed E-state index contributed by atoms with van der Waals surface area (Å²) in [5.74, 6) is -9.65. The number of hydrogen-bond acceptors (Lipinski definition) is 2. The first-order valence-corrected chi connectivity index (χ1v) is 4.39. The quantitative estimate of drug-likeness (QED) is 0.310. The van der Waals surface area contributed by atoms with Gasteiger partial charge in [0.1, 0.15) is 0 Å². The molecule has 0 aliphatic rings. The lowest BCUT2D eigenvalue weighted by atomic mass is 10.3. The van der Waals surface area contributed by atoms with E-state index >= 15 is 0 Å². The van der Waals surface area contributed by atoms with Gasteiger partial charge in [-0.3, -0.25) is 0 Å². The predicted octanol–water partition coefficient (Wildman–Crippen LogP) is 0.854. The first-order chi connectivity index (χ1) is 6.77. The molecule has 0 fully saturated rings. The van der Waals surface area contributed by atoms with E-state index in [1.165, 1.54) is 0 Å². The van der Waals surface area contributed by atoms with E-state index in [2.05, 4.69) is 5.14 Å². The van der Waals surface area contributed by atoms with Gasteiger partial charge in [0, 0.05) is 6.07 Å². The maximum Gasteiger partial charge on any atom is 0.200 e. The van der Waals surface area contributed by atoms with Crippen LogP contribution in [0.2, 0.25) is 0 Å². The van der Waals surface area contributed by atoms with Crippen LogP contribution >= 0.6 is 0 Å². The van der Waals surface area contributed by atoms with E-state index in [9.17, 15) is 22.0 Å². The van der Waals surface area contributed by atoms with Gasteiger partial charge in [0.2, 0.25) is 5.82 Å². The van der Waals surface area contributed by atoms with Crippen LogP contribution in [-0.4, -0.2) is 8.42 Å². The standard InChI is InChI=1S/C6HF5.H3NO2S/c7-2-1-3(8)5(10)6(11)4(2)9;1-4(2)3/h1H;4H,(H2,1,2,3). The Balaban J connectivity index is 0.000000423. The summed E-state index contributed by atoms with van der Waals surface area (Å²) in [4.78, 5) is 0. The first-order valence-electron chi connectivity index (χ1n) is 3.15. The zero-order chi connectivity index (χ0) is 12.2. The fourth-order valence-electron chi connectivity index (χ4n) is 0.544. The highest BCUT2D eigenvalue weighted by Crippen LogP contribution is 2.16. The zero-order valence-electron chi connectivity index (χ0n) is 6.81. The van der Waals surface area contributed by atoms with Gasteiger partial charge >= 0.3 is 0 Å². The van der Waals surface area contributed by atoms with Crippen LogP contribution in [0.15, 0.2) is 6.07 Å². The van der Waals surface area contributed by atoms with E-state index in [0.717, 1.165) is 0 Å². The van der Waals surface area contributed by atoms with Crippen molar-refractivity contribution in [2.45, 2.75) is 0 Å². The van der Waals surface area contributed by atoms with Crippen molar-refractivity contribution in [3.8, 4) is 0 Å². The lowest BCUT2D eigenvalue weighted by Gasteiger charge is -1.96. The number of rotatable bonds is 0. The molecular formula is C6H4F5NO2S. The summed E-state index contributed by atoms with van der Waals surface area (Å²) in [6, 6.07) is -0.0618. The largest absolute Gasteiger partial charge is 0.231 e. The topological polar surface area (TPSA) is 60.2 Å². The second-order valence-electron chi connectivity index (χ2n) is 2.07. The van der Waals surface area contributed by atoms with Crippen LogP contribution in [0.3, 0.4) is 0 Å². The highest BCUT2D eigenvalue weighted by atomic mass is 32.2. The average Bonchev–Trinajstić information content (AvgIpc) is 2.11. The van der Waals surface area contributed by atoms with E-state index in [1.807, 2.05) is 0 Å². The van der Waals surface area contributed by atoms with Crippen LogP contribution in [0.4, 0.5) is 22.0 Å². The minimum atomic E-state index is -2.62. The number of hydrogen-bond donors (Lipinski definition) is 2. The van der Waals surface area contributed by atoms with E-state index in [4.69, 9.17) is 8.42 Å². The molecule has 0 aliphatic heterocycles. The molecule has 0 saturated carbocycles. The van der Waals surface area contributed by atoms with Gasteiger partial charge in [-0.1, -0.05) is 0 Å². The molecule has 0 amide bonds. The maximum absolute atomic E-state index is 12.0. The highest BCUT2D eigenvalue weighted by Gasteiger charge is 2.18. The Morgan fingerprint density at radius 2 is 1.13 bits per heavy atom. The Bertz CT molecular complexity index is 400. The molecule has 0 bridgehead atoms. The molecule has 0 radical (unpaired) electrons. The summed E-state index contributed by atoms with van der Waals surface area (Å²) in [6.45, 7) is 0. The summed E-state index contributed by atoms with van der Waals surface area (Å²) in [5, 5.41) is 4.06. The Labute approximate surface area is 82.4 Å². The molecule has 1 aromatic rings. The fraction of sp³-hybridized carbons (Fsp3) is 0. The van der Waals surface area contributed by atoms with Crippen molar-refractivity contribution in [3.63, 3.8) is 0 Å².